The molecule has 18 heavy (non-hydrogen) atoms. The molecule has 1 unspecified atom stereocenters. The number of carbonyl (C=O) groups excluding carboxylic acids is 1. The van der Waals surface area contributed by atoms with Crippen LogP contribution in [0, 0.1) is 19.8 Å². The van der Waals surface area contributed by atoms with Crippen LogP contribution in [0.4, 0.5) is 0 Å². The Hall–Kier alpha value is -1.51. The molecule has 0 heterocycles. The minimum absolute atomic E-state index is 0.108. The molecule has 1 amide bonds. The highest BCUT2D eigenvalue weighted by Crippen LogP contribution is 2.36. The second-order valence-electron chi connectivity index (χ2n) is 5.20. The highest BCUT2D eigenvalue weighted by atomic mass is 16.5. The molecule has 0 fully saturated rings. The first kappa shape index (κ1) is 14.6. The average Bonchev–Trinajstić information content (AvgIpc) is 2.28. The summed E-state index contributed by atoms with van der Waals surface area (Å²) in [5.41, 5.74) is 8.83. The van der Waals surface area contributed by atoms with Gasteiger partial charge >= 0.3 is 0 Å². The largest absolute Gasteiger partial charge is 0.496 e. The Labute approximate surface area is 109 Å². The first-order valence-corrected chi connectivity index (χ1v) is 6.30. The van der Waals surface area contributed by atoms with Gasteiger partial charge in [0.25, 0.3) is 0 Å². The number of primary amides is 1. The fourth-order valence-corrected chi connectivity index (χ4v) is 2.20. The van der Waals surface area contributed by atoms with Gasteiger partial charge in [0.2, 0.25) is 5.91 Å². The van der Waals surface area contributed by atoms with Crippen molar-refractivity contribution in [3.8, 4) is 5.75 Å². The van der Waals surface area contributed by atoms with Crippen molar-refractivity contribution < 1.29 is 9.53 Å². The molecule has 0 aromatic heterocycles. The summed E-state index contributed by atoms with van der Waals surface area (Å²) < 4.78 is 5.44. The molecule has 0 radical (unpaired) electrons. The number of aryl methyl sites for hydroxylation is 2. The second kappa shape index (κ2) is 5.89. The molecule has 3 nitrogen and oxygen atoms in total. The summed E-state index contributed by atoms with van der Waals surface area (Å²) in [7, 11) is 1.66. The van der Waals surface area contributed by atoms with Gasteiger partial charge in [0.1, 0.15) is 5.75 Å². The Morgan fingerprint density at radius 2 is 1.83 bits per heavy atom. The Bertz CT molecular complexity index is 438. The molecule has 1 atom stereocenters. The molecule has 0 aliphatic heterocycles. The number of methoxy groups -OCH3 is 1. The Morgan fingerprint density at radius 3 is 2.28 bits per heavy atom. The molecule has 0 aliphatic rings. The van der Waals surface area contributed by atoms with Crippen molar-refractivity contribution >= 4 is 5.91 Å². The number of carbonyl (C=O) groups is 1. The van der Waals surface area contributed by atoms with E-state index >= 15 is 0 Å². The molecule has 100 valence electrons. The zero-order chi connectivity index (χ0) is 13.9. The van der Waals surface area contributed by atoms with Crippen LogP contribution in [0.5, 0.6) is 5.75 Å². The maximum absolute atomic E-state index is 11.2. The number of nitrogens with two attached hydrogens (primary N) is 1. The number of rotatable bonds is 5. The van der Waals surface area contributed by atoms with Gasteiger partial charge in [-0.1, -0.05) is 19.9 Å². The minimum atomic E-state index is -0.269. The Morgan fingerprint density at radius 1 is 1.28 bits per heavy atom. The molecule has 1 aromatic rings. The van der Waals surface area contributed by atoms with Gasteiger partial charge in [0.15, 0.2) is 0 Å². The SMILES string of the molecule is COc1cc(C)c(C)cc1C(CC(N)=O)C(C)C. The topological polar surface area (TPSA) is 52.3 Å². The summed E-state index contributed by atoms with van der Waals surface area (Å²) in [4.78, 5) is 11.2. The van der Waals surface area contributed by atoms with Crippen molar-refractivity contribution in [1.82, 2.24) is 0 Å². The highest BCUT2D eigenvalue weighted by molar-refractivity contribution is 5.75. The molecular formula is C15H23NO2. The van der Waals surface area contributed by atoms with Gasteiger partial charge in [-0.05, 0) is 48.4 Å². The molecule has 2 N–H and O–H groups in total. The smallest absolute Gasteiger partial charge is 0.218 e. The molecule has 0 bridgehead atoms. The van der Waals surface area contributed by atoms with Crippen LogP contribution >= 0.6 is 0 Å². The zero-order valence-electron chi connectivity index (χ0n) is 11.9. The number of ether oxygens (including phenoxy) is 1. The molecule has 0 aliphatic carbocycles. The van der Waals surface area contributed by atoms with Crippen LogP contribution in [0.1, 0.15) is 42.9 Å². The van der Waals surface area contributed by atoms with Crippen LogP contribution in [0.15, 0.2) is 12.1 Å². The van der Waals surface area contributed by atoms with Gasteiger partial charge in [0, 0.05) is 6.42 Å². The third-order valence-corrected chi connectivity index (χ3v) is 3.47. The number of hydrogen-bond donors (Lipinski definition) is 1. The molecule has 1 rings (SSSR count). The summed E-state index contributed by atoms with van der Waals surface area (Å²) in [5.74, 6) is 1.03. The van der Waals surface area contributed by atoms with Crippen molar-refractivity contribution in [2.24, 2.45) is 11.7 Å². The van der Waals surface area contributed by atoms with E-state index in [1.807, 2.05) is 6.07 Å². The maximum Gasteiger partial charge on any atom is 0.218 e. The van der Waals surface area contributed by atoms with E-state index < -0.39 is 0 Å². The van der Waals surface area contributed by atoms with E-state index in [0.29, 0.717) is 12.3 Å². The predicted octanol–water partition coefficient (Wildman–Crippen LogP) is 2.93. The van der Waals surface area contributed by atoms with Gasteiger partial charge in [-0.15, -0.1) is 0 Å². The molecular weight excluding hydrogens is 226 g/mol. The summed E-state index contributed by atoms with van der Waals surface area (Å²) in [5, 5.41) is 0. The minimum Gasteiger partial charge on any atom is -0.496 e. The summed E-state index contributed by atoms with van der Waals surface area (Å²) >= 11 is 0. The fraction of sp³-hybridized carbons (Fsp3) is 0.533. The maximum atomic E-state index is 11.2. The van der Waals surface area contributed by atoms with Crippen molar-refractivity contribution in [3.05, 3.63) is 28.8 Å². The molecule has 1 aromatic carbocycles. The quantitative estimate of drug-likeness (QED) is 0.872. The number of hydrogen-bond acceptors (Lipinski definition) is 2. The van der Waals surface area contributed by atoms with Crippen molar-refractivity contribution in [1.29, 1.82) is 0 Å². The summed E-state index contributed by atoms with van der Waals surface area (Å²) in [6, 6.07) is 4.14. The summed E-state index contributed by atoms with van der Waals surface area (Å²) in [6.45, 7) is 8.32. The van der Waals surface area contributed by atoms with Crippen LogP contribution in [0.2, 0.25) is 0 Å². The van der Waals surface area contributed by atoms with E-state index in [1.54, 1.807) is 7.11 Å². The van der Waals surface area contributed by atoms with Crippen LogP contribution in [-0.2, 0) is 4.79 Å². The molecule has 0 saturated heterocycles. The van der Waals surface area contributed by atoms with Crippen LogP contribution in [0.25, 0.3) is 0 Å². The van der Waals surface area contributed by atoms with E-state index in [0.717, 1.165) is 11.3 Å². The third-order valence-electron chi connectivity index (χ3n) is 3.47. The van der Waals surface area contributed by atoms with E-state index in [9.17, 15) is 4.79 Å². The van der Waals surface area contributed by atoms with Gasteiger partial charge in [-0.3, -0.25) is 4.79 Å². The highest BCUT2D eigenvalue weighted by Gasteiger charge is 2.22. The number of benzene rings is 1. The lowest BCUT2D eigenvalue weighted by Crippen LogP contribution is -2.19. The van der Waals surface area contributed by atoms with Crippen molar-refractivity contribution in [3.63, 3.8) is 0 Å². The van der Waals surface area contributed by atoms with Crippen molar-refractivity contribution in [2.75, 3.05) is 7.11 Å². The van der Waals surface area contributed by atoms with E-state index in [-0.39, 0.29) is 11.8 Å². The van der Waals surface area contributed by atoms with Crippen LogP contribution < -0.4 is 10.5 Å². The first-order valence-electron chi connectivity index (χ1n) is 6.30. The van der Waals surface area contributed by atoms with Gasteiger partial charge < -0.3 is 10.5 Å². The lowest BCUT2D eigenvalue weighted by Gasteiger charge is -2.23. The monoisotopic (exact) mass is 249 g/mol. The fourth-order valence-electron chi connectivity index (χ4n) is 2.20. The van der Waals surface area contributed by atoms with E-state index in [2.05, 4.69) is 33.8 Å². The second-order valence-corrected chi connectivity index (χ2v) is 5.20. The summed E-state index contributed by atoms with van der Waals surface area (Å²) in [6.07, 6.45) is 0.358. The Kier molecular flexibility index (Phi) is 4.76. The van der Waals surface area contributed by atoms with Crippen molar-refractivity contribution in [2.45, 2.75) is 40.0 Å². The predicted molar refractivity (Wildman–Crippen MR) is 73.9 cm³/mol. The van der Waals surface area contributed by atoms with Gasteiger partial charge in [-0.25, -0.2) is 0 Å². The molecule has 3 heteroatoms. The van der Waals surface area contributed by atoms with Gasteiger partial charge in [0.05, 0.1) is 7.11 Å². The number of amides is 1. The van der Waals surface area contributed by atoms with Gasteiger partial charge in [-0.2, -0.15) is 0 Å². The van der Waals surface area contributed by atoms with Crippen LogP contribution in [-0.4, -0.2) is 13.0 Å². The Balaban J connectivity index is 3.26. The molecule has 0 saturated carbocycles. The normalized spacial score (nSPS) is 12.6. The molecule has 0 spiro atoms. The van der Waals surface area contributed by atoms with E-state index in [1.165, 1.54) is 11.1 Å². The average molecular weight is 249 g/mol. The zero-order valence-corrected chi connectivity index (χ0v) is 11.9. The first-order chi connectivity index (χ1) is 8.36. The van der Waals surface area contributed by atoms with Crippen LogP contribution in [0.3, 0.4) is 0 Å². The van der Waals surface area contributed by atoms with E-state index in [4.69, 9.17) is 10.5 Å². The third kappa shape index (κ3) is 3.25. The standard InChI is InChI=1S/C15H23NO2/c1-9(2)12(8-15(16)17)13-6-10(3)11(4)7-14(13)18-5/h6-7,9,12H,8H2,1-5H3,(H2,16,17). The lowest BCUT2D eigenvalue weighted by molar-refractivity contribution is -0.118. The lowest BCUT2D eigenvalue weighted by atomic mass is 9.83.